The highest BCUT2D eigenvalue weighted by atomic mass is 35.5. The van der Waals surface area contributed by atoms with E-state index in [0.717, 1.165) is 0 Å². The molecule has 2 rings (SSSR count). The number of hydrogen-bond acceptors (Lipinski definition) is 7. The molecule has 3 amide bonds. The Morgan fingerprint density at radius 2 is 2.03 bits per heavy atom. The number of amides is 3. The maximum Gasteiger partial charge on any atom is 0.305 e. The van der Waals surface area contributed by atoms with Gasteiger partial charge in [-0.05, 0) is 25.8 Å². The first kappa shape index (κ1) is 24.9. The summed E-state index contributed by atoms with van der Waals surface area (Å²) in [5, 5.41) is 13.9. The molecule has 32 heavy (non-hydrogen) atoms. The molecule has 5 N–H and O–H groups in total. The monoisotopic (exact) mass is 468 g/mol. The van der Waals surface area contributed by atoms with Crippen molar-refractivity contribution < 1.29 is 33.8 Å². The van der Waals surface area contributed by atoms with E-state index in [4.69, 9.17) is 27.2 Å². The SMILES string of the molecule is COc1cc(N)c(Cl)cc1C(=O)N[C@@H](C)C(=O)N1CCC[C@H]1C(=O)N[C@H](C=O)CC(=O)O. The van der Waals surface area contributed by atoms with Crippen LogP contribution in [0.15, 0.2) is 12.1 Å². The molecule has 3 atom stereocenters. The highest BCUT2D eigenvalue weighted by molar-refractivity contribution is 6.33. The number of hydrogen-bond donors (Lipinski definition) is 4. The van der Waals surface area contributed by atoms with Crippen LogP contribution in [0.2, 0.25) is 5.02 Å². The van der Waals surface area contributed by atoms with E-state index in [0.29, 0.717) is 19.1 Å². The van der Waals surface area contributed by atoms with Gasteiger partial charge in [-0.3, -0.25) is 19.2 Å². The van der Waals surface area contributed by atoms with E-state index in [1.54, 1.807) is 0 Å². The highest BCUT2D eigenvalue weighted by Crippen LogP contribution is 2.29. The molecule has 0 spiro atoms. The number of aliphatic carboxylic acids is 1. The largest absolute Gasteiger partial charge is 0.496 e. The number of rotatable bonds is 9. The minimum atomic E-state index is -1.24. The van der Waals surface area contributed by atoms with Gasteiger partial charge in [0.2, 0.25) is 11.8 Å². The number of nitrogen functional groups attached to an aromatic ring is 1. The summed E-state index contributed by atoms with van der Waals surface area (Å²) < 4.78 is 5.15. The quantitative estimate of drug-likeness (QED) is 0.294. The number of nitrogens with one attached hydrogen (secondary N) is 2. The number of ether oxygens (including phenoxy) is 1. The second-order valence-electron chi connectivity index (χ2n) is 7.31. The lowest BCUT2D eigenvalue weighted by Crippen LogP contribution is -2.54. The summed E-state index contributed by atoms with van der Waals surface area (Å²) in [6, 6.07) is -0.338. The van der Waals surface area contributed by atoms with Crippen LogP contribution in [-0.2, 0) is 19.2 Å². The summed E-state index contributed by atoms with van der Waals surface area (Å²) in [6.07, 6.45) is 0.657. The molecule has 1 aliphatic heterocycles. The lowest BCUT2D eigenvalue weighted by atomic mass is 10.1. The van der Waals surface area contributed by atoms with Crippen molar-refractivity contribution in [3.05, 3.63) is 22.7 Å². The molecular weight excluding hydrogens is 444 g/mol. The maximum atomic E-state index is 12.9. The van der Waals surface area contributed by atoms with E-state index in [-0.39, 0.29) is 28.6 Å². The number of carbonyl (C=O) groups is 5. The molecule has 174 valence electrons. The van der Waals surface area contributed by atoms with Gasteiger partial charge in [-0.15, -0.1) is 0 Å². The van der Waals surface area contributed by atoms with Crippen LogP contribution in [0.3, 0.4) is 0 Å². The Bertz CT molecular complexity index is 923. The predicted molar refractivity (Wildman–Crippen MR) is 114 cm³/mol. The third-order valence-electron chi connectivity index (χ3n) is 5.01. The maximum absolute atomic E-state index is 12.9. The second kappa shape index (κ2) is 10.8. The fourth-order valence-electron chi connectivity index (χ4n) is 3.40. The van der Waals surface area contributed by atoms with Crippen molar-refractivity contribution in [2.24, 2.45) is 0 Å². The molecule has 0 radical (unpaired) electrons. The fourth-order valence-corrected chi connectivity index (χ4v) is 3.57. The molecule has 1 aromatic rings. The Balaban J connectivity index is 2.08. The Morgan fingerprint density at radius 1 is 1.34 bits per heavy atom. The smallest absolute Gasteiger partial charge is 0.305 e. The van der Waals surface area contributed by atoms with Gasteiger partial charge < -0.3 is 35.9 Å². The van der Waals surface area contributed by atoms with Crippen molar-refractivity contribution >= 4 is 47.3 Å². The zero-order valence-corrected chi connectivity index (χ0v) is 18.3. The standard InChI is InChI=1S/C20H25ClN4O7/c1-10(23-18(29)12-7-13(21)14(22)8-16(12)32-2)20(31)25-5-3-4-15(25)19(30)24-11(9-26)6-17(27)28/h7-11,15H,3-6,22H2,1-2H3,(H,23,29)(H,24,30)(H,27,28)/t10-,11-,15-/m0/s1. The van der Waals surface area contributed by atoms with Crippen LogP contribution in [0, 0.1) is 0 Å². The van der Waals surface area contributed by atoms with Gasteiger partial charge in [0.15, 0.2) is 0 Å². The summed E-state index contributed by atoms with van der Waals surface area (Å²) in [6.45, 7) is 1.75. The zero-order chi connectivity index (χ0) is 24.0. The number of carbonyl (C=O) groups excluding carboxylic acids is 4. The van der Waals surface area contributed by atoms with Gasteiger partial charge in [-0.1, -0.05) is 11.6 Å². The Morgan fingerprint density at radius 3 is 2.62 bits per heavy atom. The van der Waals surface area contributed by atoms with E-state index >= 15 is 0 Å². The molecule has 0 aromatic heterocycles. The van der Waals surface area contributed by atoms with E-state index in [2.05, 4.69) is 10.6 Å². The van der Waals surface area contributed by atoms with Gasteiger partial charge in [-0.2, -0.15) is 0 Å². The molecule has 1 aliphatic rings. The molecule has 1 heterocycles. The topological polar surface area (TPSA) is 168 Å². The summed E-state index contributed by atoms with van der Waals surface area (Å²) in [7, 11) is 1.36. The lowest BCUT2D eigenvalue weighted by molar-refractivity contribution is -0.141. The van der Waals surface area contributed by atoms with Crippen molar-refractivity contribution in [1.82, 2.24) is 15.5 Å². The Labute approximate surface area is 189 Å². The van der Waals surface area contributed by atoms with Gasteiger partial charge in [0.1, 0.15) is 24.1 Å². The number of carboxylic acids is 1. The van der Waals surface area contributed by atoms with Crippen LogP contribution >= 0.6 is 11.6 Å². The summed E-state index contributed by atoms with van der Waals surface area (Å²) in [5.74, 6) is -2.80. The van der Waals surface area contributed by atoms with Crippen molar-refractivity contribution in [2.75, 3.05) is 19.4 Å². The third-order valence-corrected chi connectivity index (χ3v) is 5.33. The summed E-state index contributed by atoms with van der Waals surface area (Å²) in [4.78, 5) is 61.3. The molecule has 1 saturated heterocycles. The minimum Gasteiger partial charge on any atom is -0.496 e. The van der Waals surface area contributed by atoms with E-state index in [9.17, 15) is 24.0 Å². The zero-order valence-electron chi connectivity index (χ0n) is 17.6. The number of methoxy groups -OCH3 is 1. The molecule has 11 nitrogen and oxygen atoms in total. The van der Waals surface area contributed by atoms with E-state index < -0.39 is 48.2 Å². The molecule has 1 fully saturated rings. The molecular formula is C20H25ClN4O7. The third kappa shape index (κ3) is 5.88. The van der Waals surface area contributed by atoms with Gasteiger partial charge in [0, 0.05) is 12.6 Å². The minimum absolute atomic E-state index is 0.0876. The van der Waals surface area contributed by atoms with E-state index in [1.165, 1.54) is 31.1 Å². The number of likely N-dealkylation sites (tertiary alicyclic amines) is 1. The molecule has 1 aromatic carbocycles. The first-order chi connectivity index (χ1) is 15.1. The number of nitrogens with two attached hydrogens (primary N) is 1. The number of anilines is 1. The summed E-state index contributed by atoms with van der Waals surface area (Å²) >= 11 is 5.99. The molecule has 0 unspecified atom stereocenters. The Hall–Kier alpha value is -3.34. The predicted octanol–water partition coefficient (Wildman–Crippen LogP) is 0.199. The van der Waals surface area contributed by atoms with Crippen LogP contribution in [0.1, 0.15) is 36.5 Å². The first-order valence-electron chi connectivity index (χ1n) is 9.80. The lowest BCUT2D eigenvalue weighted by Gasteiger charge is -2.28. The number of aldehydes is 1. The highest BCUT2D eigenvalue weighted by Gasteiger charge is 2.37. The van der Waals surface area contributed by atoms with Gasteiger partial charge in [0.05, 0.1) is 35.8 Å². The number of nitrogens with zero attached hydrogens (tertiary/aromatic N) is 1. The van der Waals surface area contributed by atoms with Gasteiger partial charge >= 0.3 is 5.97 Å². The second-order valence-corrected chi connectivity index (χ2v) is 7.72. The fraction of sp³-hybridized carbons (Fsp3) is 0.450. The van der Waals surface area contributed by atoms with Gasteiger partial charge in [0.25, 0.3) is 5.91 Å². The first-order valence-corrected chi connectivity index (χ1v) is 10.2. The van der Waals surface area contributed by atoms with Crippen LogP contribution in [0.5, 0.6) is 5.75 Å². The molecule has 12 heteroatoms. The molecule has 0 saturated carbocycles. The summed E-state index contributed by atoms with van der Waals surface area (Å²) in [5.41, 5.74) is 6.03. The van der Waals surface area contributed by atoms with Crippen molar-refractivity contribution in [3.63, 3.8) is 0 Å². The van der Waals surface area contributed by atoms with Crippen LogP contribution < -0.4 is 21.1 Å². The number of benzene rings is 1. The average molecular weight is 469 g/mol. The van der Waals surface area contributed by atoms with Crippen molar-refractivity contribution in [2.45, 2.75) is 44.3 Å². The van der Waals surface area contributed by atoms with Gasteiger partial charge in [-0.25, -0.2) is 0 Å². The van der Waals surface area contributed by atoms with E-state index in [1.807, 2.05) is 0 Å². The van der Waals surface area contributed by atoms with Crippen molar-refractivity contribution in [3.8, 4) is 5.75 Å². The Kier molecular flexibility index (Phi) is 8.41. The average Bonchev–Trinajstić information content (AvgIpc) is 3.23. The van der Waals surface area contributed by atoms with Crippen LogP contribution in [-0.4, -0.2) is 71.8 Å². The van der Waals surface area contributed by atoms with Crippen LogP contribution in [0.25, 0.3) is 0 Å². The number of halogens is 1. The normalized spacial score (nSPS) is 17.2. The van der Waals surface area contributed by atoms with Crippen molar-refractivity contribution in [1.29, 1.82) is 0 Å². The molecule has 0 aliphatic carbocycles. The molecule has 0 bridgehead atoms. The van der Waals surface area contributed by atoms with Crippen LogP contribution in [0.4, 0.5) is 5.69 Å². The number of carboxylic acid groups (broad SMARTS) is 1.